The van der Waals surface area contributed by atoms with Crippen LogP contribution in [-0.4, -0.2) is 17.4 Å². The van der Waals surface area contributed by atoms with E-state index in [0.29, 0.717) is 29.4 Å². The van der Waals surface area contributed by atoms with Gasteiger partial charge in [-0.15, -0.1) is 0 Å². The Balaban J connectivity index is 1.67. The molecule has 0 unspecified atom stereocenters. The van der Waals surface area contributed by atoms with E-state index in [4.69, 9.17) is 9.47 Å². The van der Waals surface area contributed by atoms with Crippen LogP contribution >= 0.6 is 22.6 Å². The van der Waals surface area contributed by atoms with Crippen LogP contribution in [0.2, 0.25) is 0 Å². The summed E-state index contributed by atoms with van der Waals surface area (Å²) >= 11 is 2.11. The number of hydrogen-bond acceptors (Lipinski definition) is 6. The third-order valence-electron chi connectivity index (χ3n) is 4.58. The van der Waals surface area contributed by atoms with E-state index in [0.717, 1.165) is 9.13 Å². The molecule has 0 radical (unpaired) electrons. The smallest absolute Gasteiger partial charge is 0.269 e. The highest BCUT2D eigenvalue weighted by Gasteiger charge is 2.11. The Morgan fingerprint density at radius 1 is 1.15 bits per heavy atom. The molecule has 0 atom stereocenters. The Labute approximate surface area is 210 Å². The molecule has 3 aromatic rings. The lowest BCUT2D eigenvalue weighted by Crippen LogP contribution is -2.13. The summed E-state index contributed by atoms with van der Waals surface area (Å²) < 4.78 is 12.0. The molecular weight excluding hydrogens is 549 g/mol. The minimum atomic E-state index is -0.523. The van der Waals surface area contributed by atoms with Crippen molar-refractivity contribution in [1.29, 1.82) is 5.26 Å². The molecule has 3 rings (SSSR count). The quantitative estimate of drug-likeness (QED) is 0.116. The Morgan fingerprint density at radius 3 is 2.56 bits per heavy atom. The first-order valence-corrected chi connectivity index (χ1v) is 11.3. The first kappa shape index (κ1) is 24.7. The lowest BCUT2D eigenvalue weighted by atomic mass is 10.1. The van der Waals surface area contributed by atoms with E-state index in [-0.39, 0.29) is 17.9 Å². The number of nitriles is 1. The van der Waals surface area contributed by atoms with E-state index in [9.17, 15) is 20.2 Å². The Morgan fingerprint density at radius 2 is 1.91 bits per heavy atom. The predicted molar refractivity (Wildman–Crippen MR) is 136 cm³/mol. The van der Waals surface area contributed by atoms with Crippen LogP contribution in [-0.2, 0) is 11.4 Å². The van der Waals surface area contributed by atoms with Crippen LogP contribution in [0.1, 0.15) is 18.1 Å². The zero-order valence-electron chi connectivity index (χ0n) is 18.2. The van der Waals surface area contributed by atoms with Crippen molar-refractivity contribution in [3.8, 4) is 17.6 Å². The van der Waals surface area contributed by atoms with Crippen LogP contribution in [0, 0.1) is 25.0 Å². The average molecular weight is 569 g/mol. The molecule has 0 aliphatic carbocycles. The highest BCUT2D eigenvalue weighted by molar-refractivity contribution is 14.1. The summed E-state index contributed by atoms with van der Waals surface area (Å²) in [6, 6.07) is 20.3. The number of nitro groups is 1. The van der Waals surface area contributed by atoms with Crippen LogP contribution < -0.4 is 14.8 Å². The van der Waals surface area contributed by atoms with E-state index >= 15 is 0 Å². The number of rotatable bonds is 9. The van der Waals surface area contributed by atoms with Gasteiger partial charge < -0.3 is 14.8 Å². The van der Waals surface area contributed by atoms with Crippen molar-refractivity contribution >= 4 is 45.9 Å². The number of benzene rings is 3. The number of non-ortho nitro benzene ring substituents is 1. The monoisotopic (exact) mass is 569 g/mol. The van der Waals surface area contributed by atoms with Crippen molar-refractivity contribution in [2.75, 3.05) is 11.9 Å². The number of nitro benzene ring substituents is 1. The third-order valence-corrected chi connectivity index (χ3v) is 5.42. The first-order chi connectivity index (χ1) is 16.4. The molecule has 8 nitrogen and oxygen atoms in total. The molecule has 0 saturated heterocycles. The molecule has 0 spiro atoms. The number of halogens is 1. The maximum atomic E-state index is 12.6. The highest BCUT2D eigenvalue weighted by Crippen LogP contribution is 2.25. The van der Waals surface area contributed by atoms with Gasteiger partial charge in [0, 0.05) is 23.9 Å². The van der Waals surface area contributed by atoms with Crippen LogP contribution in [0.3, 0.4) is 0 Å². The van der Waals surface area contributed by atoms with Gasteiger partial charge in [0.2, 0.25) is 0 Å². The maximum absolute atomic E-state index is 12.6. The van der Waals surface area contributed by atoms with Crippen molar-refractivity contribution in [1.82, 2.24) is 0 Å². The molecule has 0 aliphatic heterocycles. The predicted octanol–water partition coefficient (Wildman–Crippen LogP) is 5.72. The highest BCUT2D eigenvalue weighted by atomic mass is 127. The van der Waals surface area contributed by atoms with Crippen LogP contribution in [0.25, 0.3) is 6.08 Å². The van der Waals surface area contributed by atoms with Gasteiger partial charge in [0.05, 0.1) is 15.1 Å². The fourth-order valence-electron chi connectivity index (χ4n) is 2.94. The van der Waals surface area contributed by atoms with Gasteiger partial charge >= 0.3 is 0 Å². The Bertz CT molecular complexity index is 1270. The number of hydrogen-bond donors (Lipinski definition) is 1. The molecule has 9 heteroatoms. The van der Waals surface area contributed by atoms with E-state index in [2.05, 4.69) is 27.9 Å². The molecule has 1 amide bonds. The second kappa shape index (κ2) is 11.8. The standard InChI is InChI=1S/C25H20IN3O5/c1-2-33-22-5-3-4-20(14-22)28-25(30)19(15-27)12-18-8-11-24(23(26)13-18)34-16-17-6-9-21(10-7-17)29(31)32/h3-14H,2,16H2,1H3,(H,28,30)/b19-12-. The van der Waals surface area contributed by atoms with Crippen LogP contribution in [0.5, 0.6) is 11.5 Å². The second-order valence-electron chi connectivity index (χ2n) is 6.99. The topological polar surface area (TPSA) is 114 Å². The zero-order valence-corrected chi connectivity index (χ0v) is 20.3. The Hall–Kier alpha value is -3.91. The van der Waals surface area contributed by atoms with E-state index in [1.807, 2.05) is 13.0 Å². The van der Waals surface area contributed by atoms with E-state index in [1.54, 1.807) is 54.6 Å². The van der Waals surface area contributed by atoms with Crippen molar-refractivity contribution in [3.05, 3.63) is 97.1 Å². The summed E-state index contributed by atoms with van der Waals surface area (Å²) in [7, 11) is 0. The maximum Gasteiger partial charge on any atom is 0.269 e. The summed E-state index contributed by atoms with van der Waals surface area (Å²) in [5.41, 5.74) is 1.97. The van der Waals surface area contributed by atoms with Gasteiger partial charge in [-0.3, -0.25) is 14.9 Å². The van der Waals surface area contributed by atoms with Gasteiger partial charge in [0.25, 0.3) is 11.6 Å². The van der Waals surface area contributed by atoms with E-state index < -0.39 is 10.8 Å². The lowest BCUT2D eigenvalue weighted by molar-refractivity contribution is -0.384. The molecule has 3 aromatic carbocycles. The second-order valence-corrected chi connectivity index (χ2v) is 8.15. The van der Waals surface area contributed by atoms with Gasteiger partial charge in [-0.25, -0.2) is 0 Å². The fourth-order valence-corrected chi connectivity index (χ4v) is 3.64. The average Bonchev–Trinajstić information content (AvgIpc) is 2.82. The SMILES string of the molecule is CCOc1cccc(NC(=O)/C(C#N)=C\c2ccc(OCc3ccc([N+](=O)[O-])cc3)c(I)c2)c1. The van der Waals surface area contributed by atoms with Gasteiger partial charge in [-0.1, -0.05) is 12.1 Å². The zero-order chi connectivity index (χ0) is 24.5. The number of amides is 1. The molecule has 0 heterocycles. The third kappa shape index (κ3) is 6.79. The largest absolute Gasteiger partial charge is 0.494 e. The molecular formula is C25H20IN3O5. The summed E-state index contributed by atoms with van der Waals surface area (Å²) in [5, 5.41) is 23.0. The van der Waals surface area contributed by atoms with Gasteiger partial charge in [-0.2, -0.15) is 5.26 Å². The molecule has 1 N–H and O–H groups in total. The molecule has 172 valence electrons. The van der Waals surface area contributed by atoms with Gasteiger partial charge in [0.15, 0.2) is 0 Å². The van der Waals surface area contributed by atoms with Crippen LogP contribution in [0.4, 0.5) is 11.4 Å². The minimum absolute atomic E-state index is 0.0220. The van der Waals surface area contributed by atoms with Gasteiger partial charge in [-0.05, 0) is 83.1 Å². The molecule has 0 aliphatic rings. The molecule has 0 saturated carbocycles. The fraction of sp³-hybridized carbons (Fsp3) is 0.120. The minimum Gasteiger partial charge on any atom is -0.494 e. The van der Waals surface area contributed by atoms with Crippen molar-refractivity contribution in [2.24, 2.45) is 0 Å². The first-order valence-electron chi connectivity index (χ1n) is 10.2. The number of carbonyl (C=O) groups is 1. The van der Waals surface area contributed by atoms with Crippen molar-refractivity contribution < 1.29 is 19.2 Å². The normalized spacial score (nSPS) is 10.8. The summed E-state index contributed by atoms with van der Waals surface area (Å²) in [4.78, 5) is 22.9. The molecule has 0 bridgehead atoms. The van der Waals surface area contributed by atoms with Crippen LogP contribution in [0.15, 0.2) is 72.3 Å². The Kier molecular flexibility index (Phi) is 8.59. The molecule has 0 fully saturated rings. The number of anilines is 1. The molecule has 34 heavy (non-hydrogen) atoms. The summed E-state index contributed by atoms with van der Waals surface area (Å²) in [6.45, 7) is 2.62. The number of nitrogens with one attached hydrogen (secondary N) is 1. The summed E-state index contributed by atoms with van der Waals surface area (Å²) in [5.74, 6) is 0.720. The molecule has 0 aromatic heterocycles. The number of nitrogens with zero attached hydrogens (tertiary/aromatic N) is 2. The van der Waals surface area contributed by atoms with Crippen molar-refractivity contribution in [2.45, 2.75) is 13.5 Å². The summed E-state index contributed by atoms with van der Waals surface area (Å²) in [6.07, 6.45) is 1.50. The van der Waals surface area contributed by atoms with E-state index in [1.165, 1.54) is 18.2 Å². The number of ether oxygens (including phenoxy) is 2. The van der Waals surface area contributed by atoms with Crippen molar-refractivity contribution in [3.63, 3.8) is 0 Å². The number of carbonyl (C=O) groups excluding carboxylic acids is 1. The van der Waals surface area contributed by atoms with Gasteiger partial charge in [0.1, 0.15) is 29.7 Å². The lowest BCUT2D eigenvalue weighted by Gasteiger charge is -2.10.